The van der Waals surface area contributed by atoms with E-state index in [1.54, 1.807) is 12.3 Å². The van der Waals surface area contributed by atoms with E-state index in [0.29, 0.717) is 5.56 Å². The quantitative estimate of drug-likeness (QED) is 0.889. The van der Waals surface area contributed by atoms with Crippen molar-refractivity contribution in [2.45, 2.75) is 26.2 Å². The monoisotopic (exact) mass is 255 g/mol. The number of hydrogen-bond acceptors (Lipinski definition) is 2. The van der Waals surface area contributed by atoms with Gasteiger partial charge < -0.3 is 5.11 Å². The van der Waals surface area contributed by atoms with Crippen molar-refractivity contribution in [2.24, 2.45) is 0 Å². The molecule has 1 N–H and O–H groups in total. The Morgan fingerprint density at radius 3 is 2.26 bits per heavy atom. The molecule has 0 unspecified atom stereocenters. The Bertz CT molecular complexity index is 595. The van der Waals surface area contributed by atoms with Gasteiger partial charge in [0.05, 0.1) is 5.56 Å². The Balaban J connectivity index is 2.46. The van der Waals surface area contributed by atoms with E-state index < -0.39 is 5.97 Å². The number of carboxylic acid groups (broad SMARTS) is 1. The van der Waals surface area contributed by atoms with Crippen LogP contribution in [0.15, 0.2) is 42.7 Å². The van der Waals surface area contributed by atoms with Crippen LogP contribution in [-0.2, 0) is 5.41 Å². The van der Waals surface area contributed by atoms with Crippen LogP contribution in [0, 0.1) is 0 Å². The standard InChI is InChI=1S/C16H17NO2/c1-16(2,3)12-6-4-11(5-7-12)13-8-9-17-10-14(13)15(18)19/h4-10H,1-3H3,(H,18,19). The van der Waals surface area contributed by atoms with Gasteiger partial charge in [-0.1, -0.05) is 45.0 Å². The lowest BCUT2D eigenvalue weighted by Gasteiger charge is -2.19. The number of rotatable bonds is 2. The molecule has 19 heavy (non-hydrogen) atoms. The van der Waals surface area contributed by atoms with Gasteiger partial charge in [-0.15, -0.1) is 0 Å². The Morgan fingerprint density at radius 1 is 1.11 bits per heavy atom. The van der Waals surface area contributed by atoms with Crippen molar-refractivity contribution in [3.05, 3.63) is 53.9 Å². The van der Waals surface area contributed by atoms with Crippen LogP contribution >= 0.6 is 0 Å². The van der Waals surface area contributed by atoms with E-state index in [9.17, 15) is 9.90 Å². The summed E-state index contributed by atoms with van der Waals surface area (Å²) in [6.45, 7) is 6.45. The van der Waals surface area contributed by atoms with Gasteiger partial charge in [-0.25, -0.2) is 4.79 Å². The number of carbonyl (C=O) groups is 1. The first-order valence-corrected chi connectivity index (χ1v) is 6.18. The van der Waals surface area contributed by atoms with Crippen LogP contribution < -0.4 is 0 Å². The van der Waals surface area contributed by atoms with Crippen molar-refractivity contribution in [1.82, 2.24) is 4.98 Å². The topological polar surface area (TPSA) is 50.2 Å². The smallest absolute Gasteiger partial charge is 0.337 e. The molecular weight excluding hydrogens is 238 g/mol. The van der Waals surface area contributed by atoms with Gasteiger partial charge >= 0.3 is 5.97 Å². The maximum absolute atomic E-state index is 11.2. The van der Waals surface area contributed by atoms with Crippen molar-refractivity contribution in [1.29, 1.82) is 0 Å². The molecule has 0 spiro atoms. The van der Waals surface area contributed by atoms with E-state index in [2.05, 4.69) is 25.8 Å². The molecule has 0 saturated carbocycles. The molecular formula is C16H17NO2. The minimum Gasteiger partial charge on any atom is -0.478 e. The zero-order chi connectivity index (χ0) is 14.0. The highest BCUT2D eigenvalue weighted by Gasteiger charge is 2.15. The lowest BCUT2D eigenvalue weighted by atomic mass is 9.86. The molecule has 3 heteroatoms. The van der Waals surface area contributed by atoms with Gasteiger partial charge in [0.15, 0.2) is 0 Å². The second-order valence-corrected chi connectivity index (χ2v) is 5.55. The number of pyridine rings is 1. The molecule has 1 heterocycles. The third-order valence-electron chi connectivity index (χ3n) is 3.11. The van der Waals surface area contributed by atoms with E-state index in [1.807, 2.05) is 24.3 Å². The molecule has 1 aromatic heterocycles. The fraction of sp³-hybridized carbons (Fsp3) is 0.250. The Kier molecular flexibility index (Phi) is 3.38. The lowest BCUT2D eigenvalue weighted by Crippen LogP contribution is -2.10. The largest absolute Gasteiger partial charge is 0.478 e. The van der Waals surface area contributed by atoms with Crippen LogP contribution in [0.4, 0.5) is 0 Å². The summed E-state index contributed by atoms with van der Waals surface area (Å²) in [5.74, 6) is -0.956. The molecule has 0 bridgehead atoms. The van der Waals surface area contributed by atoms with Crippen molar-refractivity contribution < 1.29 is 9.90 Å². The molecule has 1 aromatic carbocycles. The first-order valence-electron chi connectivity index (χ1n) is 6.18. The molecule has 0 fully saturated rings. The average molecular weight is 255 g/mol. The summed E-state index contributed by atoms with van der Waals surface area (Å²) in [5.41, 5.74) is 3.14. The van der Waals surface area contributed by atoms with Gasteiger partial charge in [-0.2, -0.15) is 0 Å². The zero-order valence-corrected chi connectivity index (χ0v) is 11.3. The second-order valence-electron chi connectivity index (χ2n) is 5.55. The van der Waals surface area contributed by atoms with Crippen LogP contribution in [0.3, 0.4) is 0 Å². The van der Waals surface area contributed by atoms with Gasteiger partial charge in [0.25, 0.3) is 0 Å². The van der Waals surface area contributed by atoms with Gasteiger partial charge in [-0.05, 0) is 28.2 Å². The van der Waals surface area contributed by atoms with Crippen molar-refractivity contribution >= 4 is 5.97 Å². The number of benzene rings is 1. The van der Waals surface area contributed by atoms with Crippen molar-refractivity contribution in [3.63, 3.8) is 0 Å². The van der Waals surface area contributed by atoms with Crippen molar-refractivity contribution in [3.8, 4) is 11.1 Å². The first kappa shape index (κ1) is 13.3. The van der Waals surface area contributed by atoms with E-state index in [-0.39, 0.29) is 11.0 Å². The van der Waals surface area contributed by atoms with Gasteiger partial charge in [0, 0.05) is 12.4 Å². The van der Waals surface area contributed by atoms with Crippen LogP contribution in [0.1, 0.15) is 36.7 Å². The molecule has 0 aliphatic rings. The SMILES string of the molecule is CC(C)(C)c1ccc(-c2ccncc2C(=O)O)cc1. The number of aromatic carboxylic acids is 1. The van der Waals surface area contributed by atoms with E-state index >= 15 is 0 Å². The van der Waals surface area contributed by atoms with Crippen LogP contribution in [0.5, 0.6) is 0 Å². The maximum atomic E-state index is 11.2. The average Bonchev–Trinajstić information content (AvgIpc) is 2.38. The predicted octanol–water partition coefficient (Wildman–Crippen LogP) is 3.74. The maximum Gasteiger partial charge on any atom is 0.337 e. The molecule has 0 amide bonds. The Hall–Kier alpha value is -2.16. The summed E-state index contributed by atoms with van der Waals surface area (Å²) in [7, 11) is 0. The van der Waals surface area contributed by atoms with Crippen LogP contribution in [0.2, 0.25) is 0 Å². The second kappa shape index (κ2) is 4.84. The normalized spacial score (nSPS) is 11.3. The Labute approximate surface area is 112 Å². The van der Waals surface area contributed by atoms with Gasteiger partial charge in [0.1, 0.15) is 0 Å². The van der Waals surface area contributed by atoms with E-state index in [4.69, 9.17) is 0 Å². The highest BCUT2D eigenvalue weighted by atomic mass is 16.4. The zero-order valence-electron chi connectivity index (χ0n) is 11.3. The highest BCUT2D eigenvalue weighted by molar-refractivity contribution is 5.95. The molecule has 0 aliphatic carbocycles. The molecule has 2 aromatic rings. The fourth-order valence-corrected chi connectivity index (χ4v) is 1.97. The summed E-state index contributed by atoms with van der Waals surface area (Å²) in [5, 5.41) is 9.17. The van der Waals surface area contributed by atoms with E-state index in [1.165, 1.54) is 11.8 Å². The third kappa shape index (κ3) is 2.81. The number of nitrogens with zero attached hydrogens (tertiary/aromatic N) is 1. The molecule has 0 aliphatic heterocycles. The lowest BCUT2D eigenvalue weighted by molar-refractivity contribution is 0.0697. The molecule has 3 nitrogen and oxygen atoms in total. The predicted molar refractivity (Wildman–Crippen MR) is 75.3 cm³/mol. The van der Waals surface area contributed by atoms with E-state index in [0.717, 1.165) is 5.56 Å². The summed E-state index contributed by atoms with van der Waals surface area (Å²) < 4.78 is 0. The summed E-state index contributed by atoms with van der Waals surface area (Å²) in [6.07, 6.45) is 2.99. The number of hydrogen-bond donors (Lipinski definition) is 1. The van der Waals surface area contributed by atoms with Crippen LogP contribution in [-0.4, -0.2) is 16.1 Å². The summed E-state index contributed by atoms with van der Waals surface area (Å²) in [4.78, 5) is 15.0. The van der Waals surface area contributed by atoms with Gasteiger partial charge in [-0.3, -0.25) is 4.98 Å². The summed E-state index contributed by atoms with van der Waals surface area (Å²) >= 11 is 0. The fourth-order valence-electron chi connectivity index (χ4n) is 1.97. The van der Waals surface area contributed by atoms with Crippen LogP contribution in [0.25, 0.3) is 11.1 Å². The molecule has 98 valence electrons. The number of carboxylic acids is 1. The summed E-state index contributed by atoms with van der Waals surface area (Å²) in [6, 6.07) is 9.74. The minimum absolute atomic E-state index is 0.0897. The molecule has 0 saturated heterocycles. The third-order valence-corrected chi connectivity index (χ3v) is 3.11. The number of aromatic nitrogens is 1. The minimum atomic E-state index is -0.956. The molecule has 2 rings (SSSR count). The van der Waals surface area contributed by atoms with Gasteiger partial charge in [0.2, 0.25) is 0 Å². The van der Waals surface area contributed by atoms with Crippen molar-refractivity contribution in [2.75, 3.05) is 0 Å². The molecule has 0 atom stereocenters. The Morgan fingerprint density at radius 2 is 1.74 bits per heavy atom. The highest BCUT2D eigenvalue weighted by Crippen LogP contribution is 2.27. The first-order chi connectivity index (χ1) is 8.89. The molecule has 0 radical (unpaired) electrons.